The summed E-state index contributed by atoms with van der Waals surface area (Å²) in [6, 6.07) is 5.72. The van der Waals surface area contributed by atoms with E-state index in [9.17, 15) is 4.79 Å². The van der Waals surface area contributed by atoms with Gasteiger partial charge in [0.1, 0.15) is 6.61 Å². The maximum absolute atomic E-state index is 11.2. The molecule has 1 atom stereocenters. The molecule has 2 rings (SSSR count). The molecule has 0 saturated heterocycles. The number of carbonyl (C=O) groups is 1. The molecule has 1 aromatic rings. The quantitative estimate of drug-likeness (QED) is 0.779. The van der Waals surface area contributed by atoms with Crippen LogP contribution in [-0.4, -0.2) is 32.2 Å². The second-order valence-electron chi connectivity index (χ2n) is 3.93. The second-order valence-corrected chi connectivity index (χ2v) is 3.93. The Morgan fingerprint density at radius 3 is 3.18 bits per heavy atom. The van der Waals surface area contributed by atoms with Crippen LogP contribution in [0.1, 0.15) is 5.56 Å². The molecule has 0 aromatic heterocycles. The van der Waals surface area contributed by atoms with Gasteiger partial charge in [0.15, 0.2) is 11.5 Å². The van der Waals surface area contributed by atoms with Crippen LogP contribution in [0.2, 0.25) is 0 Å². The number of methoxy groups -OCH3 is 1. The van der Waals surface area contributed by atoms with E-state index in [0.717, 1.165) is 23.5 Å². The van der Waals surface area contributed by atoms with Crippen molar-refractivity contribution in [3.05, 3.63) is 23.8 Å². The summed E-state index contributed by atoms with van der Waals surface area (Å²) in [5.41, 5.74) is 6.30. The third kappa shape index (κ3) is 2.50. The summed E-state index contributed by atoms with van der Waals surface area (Å²) in [6.07, 6.45) is 0.734. The molecule has 0 unspecified atom stereocenters. The molecule has 1 aliphatic heterocycles. The molecule has 1 aromatic carbocycles. The van der Waals surface area contributed by atoms with Crippen LogP contribution < -0.4 is 20.5 Å². The van der Waals surface area contributed by atoms with Crippen LogP contribution in [0, 0.1) is 0 Å². The highest BCUT2D eigenvalue weighted by molar-refractivity contribution is 5.78. The first-order valence-electron chi connectivity index (χ1n) is 5.52. The number of benzene rings is 1. The van der Waals surface area contributed by atoms with Gasteiger partial charge < -0.3 is 20.5 Å². The Labute approximate surface area is 99.9 Å². The zero-order chi connectivity index (χ0) is 12.3. The van der Waals surface area contributed by atoms with Gasteiger partial charge in [0.2, 0.25) is 5.91 Å². The van der Waals surface area contributed by atoms with Crippen molar-refractivity contribution in [1.82, 2.24) is 5.32 Å². The summed E-state index contributed by atoms with van der Waals surface area (Å²) >= 11 is 0. The van der Waals surface area contributed by atoms with E-state index < -0.39 is 0 Å². The average Bonchev–Trinajstić information content (AvgIpc) is 2.37. The second kappa shape index (κ2) is 5.05. The zero-order valence-electron chi connectivity index (χ0n) is 9.73. The fraction of sp³-hybridized carbons (Fsp3) is 0.417. The molecular formula is C12H16N2O3. The minimum absolute atomic E-state index is 0.00146. The highest BCUT2D eigenvalue weighted by atomic mass is 16.5. The van der Waals surface area contributed by atoms with Gasteiger partial charge in [0.25, 0.3) is 0 Å². The Bertz CT molecular complexity index is 420. The Kier molecular flexibility index (Phi) is 3.49. The molecule has 1 aliphatic rings. The maximum Gasteiger partial charge on any atom is 0.234 e. The van der Waals surface area contributed by atoms with Crippen molar-refractivity contribution >= 4 is 5.91 Å². The maximum atomic E-state index is 11.2. The molecule has 1 heterocycles. The van der Waals surface area contributed by atoms with E-state index in [1.54, 1.807) is 7.11 Å². The van der Waals surface area contributed by atoms with E-state index in [0.29, 0.717) is 6.61 Å². The predicted molar refractivity (Wildman–Crippen MR) is 63.2 cm³/mol. The summed E-state index contributed by atoms with van der Waals surface area (Å²) < 4.78 is 10.8. The van der Waals surface area contributed by atoms with Crippen LogP contribution in [-0.2, 0) is 11.2 Å². The minimum Gasteiger partial charge on any atom is -0.493 e. The molecule has 17 heavy (non-hydrogen) atoms. The van der Waals surface area contributed by atoms with Crippen LogP contribution in [0.4, 0.5) is 0 Å². The van der Waals surface area contributed by atoms with Gasteiger partial charge >= 0.3 is 0 Å². The Balaban J connectivity index is 2.11. The van der Waals surface area contributed by atoms with Gasteiger partial charge in [-0.3, -0.25) is 4.79 Å². The molecule has 0 saturated carbocycles. The third-order valence-corrected chi connectivity index (χ3v) is 2.73. The number of para-hydroxylation sites is 1. The molecule has 0 bridgehead atoms. The number of carbonyl (C=O) groups excluding carboxylic acids is 1. The highest BCUT2D eigenvalue weighted by Gasteiger charge is 2.23. The van der Waals surface area contributed by atoms with Crippen molar-refractivity contribution in [2.24, 2.45) is 5.73 Å². The number of fused-ring (bicyclic) bond motifs is 1. The number of hydrogen-bond acceptors (Lipinski definition) is 4. The van der Waals surface area contributed by atoms with Crippen molar-refractivity contribution in [1.29, 1.82) is 0 Å². The molecule has 3 N–H and O–H groups in total. The van der Waals surface area contributed by atoms with Crippen LogP contribution in [0.3, 0.4) is 0 Å². The first-order chi connectivity index (χ1) is 8.24. The van der Waals surface area contributed by atoms with E-state index in [1.165, 1.54) is 0 Å². The van der Waals surface area contributed by atoms with Crippen molar-refractivity contribution in [3.8, 4) is 11.5 Å². The lowest BCUT2D eigenvalue weighted by molar-refractivity contribution is -0.120. The van der Waals surface area contributed by atoms with Crippen LogP contribution in [0.5, 0.6) is 11.5 Å². The van der Waals surface area contributed by atoms with Crippen molar-refractivity contribution < 1.29 is 14.3 Å². The Morgan fingerprint density at radius 1 is 1.65 bits per heavy atom. The molecule has 5 heteroatoms. The molecule has 1 amide bonds. The van der Waals surface area contributed by atoms with E-state index in [1.807, 2.05) is 18.2 Å². The van der Waals surface area contributed by atoms with Crippen LogP contribution in [0.25, 0.3) is 0 Å². The predicted octanol–water partition coefficient (Wildman–Crippen LogP) is 0.0736. The number of nitrogens with two attached hydrogens (primary N) is 1. The molecule has 5 nitrogen and oxygen atoms in total. The largest absolute Gasteiger partial charge is 0.493 e. The standard InChI is InChI=1S/C12H16N2O3/c1-16-10-4-2-3-8-5-9(7-17-12(8)10)14-11(15)6-13/h2-4,9H,5-7,13H2,1H3,(H,14,15)/t9-/m0/s1. The van der Waals surface area contributed by atoms with Gasteiger partial charge in [-0.15, -0.1) is 0 Å². The van der Waals surface area contributed by atoms with Gasteiger partial charge in [0, 0.05) is 5.56 Å². The fourth-order valence-corrected chi connectivity index (χ4v) is 1.93. The lowest BCUT2D eigenvalue weighted by Gasteiger charge is -2.27. The molecule has 92 valence electrons. The number of ether oxygens (including phenoxy) is 2. The van der Waals surface area contributed by atoms with Gasteiger partial charge in [-0.2, -0.15) is 0 Å². The molecule has 0 spiro atoms. The molecule has 0 aliphatic carbocycles. The number of hydrogen-bond donors (Lipinski definition) is 2. The van der Waals surface area contributed by atoms with Gasteiger partial charge in [-0.1, -0.05) is 12.1 Å². The Morgan fingerprint density at radius 2 is 2.47 bits per heavy atom. The minimum atomic E-state index is -0.162. The Hall–Kier alpha value is -1.75. The molecule has 0 fully saturated rings. The molecule has 0 radical (unpaired) electrons. The lowest BCUT2D eigenvalue weighted by atomic mass is 10.0. The van der Waals surface area contributed by atoms with E-state index >= 15 is 0 Å². The summed E-state index contributed by atoms with van der Waals surface area (Å²) in [7, 11) is 1.61. The average molecular weight is 236 g/mol. The third-order valence-electron chi connectivity index (χ3n) is 2.73. The van der Waals surface area contributed by atoms with Gasteiger partial charge in [0.05, 0.1) is 19.7 Å². The number of amides is 1. The molecular weight excluding hydrogens is 220 g/mol. The fourth-order valence-electron chi connectivity index (χ4n) is 1.93. The van der Waals surface area contributed by atoms with Crippen molar-refractivity contribution in [3.63, 3.8) is 0 Å². The van der Waals surface area contributed by atoms with Gasteiger partial charge in [-0.05, 0) is 12.5 Å². The SMILES string of the molecule is COc1cccc2c1OC[C@@H](NC(=O)CN)C2. The van der Waals surface area contributed by atoms with Gasteiger partial charge in [-0.25, -0.2) is 0 Å². The smallest absolute Gasteiger partial charge is 0.234 e. The number of rotatable bonds is 3. The van der Waals surface area contributed by atoms with Crippen LogP contribution in [0.15, 0.2) is 18.2 Å². The van der Waals surface area contributed by atoms with Crippen molar-refractivity contribution in [2.45, 2.75) is 12.5 Å². The first-order valence-corrected chi connectivity index (χ1v) is 5.52. The summed E-state index contributed by atoms with van der Waals surface area (Å²) in [4.78, 5) is 11.2. The van der Waals surface area contributed by atoms with Crippen molar-refractivity contribution in [2.75, 3.05) is 20.3 Å². The highest BCUT2D eigenvalue weighted by Crippen LogP contribution is 2.34. The summed E-state index contributed by atoms with van der Waals surface area (Å²) in [5.74, 6) is 1.34. The van der Waals surface area contributed by atoms with E-state index in [-0.39, 0.29) is 18.5 Å². The van der Waals surface area contributed by atoms with E-state index in [4.69, 9.17) is 15.2 Å². The summed E-state index contributed by atoms with van der Waals surface area (Å²) in [5, 5.41) is 2.82. The first kappa shape index (κ1) is 11.7. The number of nitrogens with one attached hydrogen (secondary N) is 1. The topological polar surface area (TPSA) is 73.6 Å². The monoisotopic (exact) mass is 236 g/mol. The zero-order valence-corrected chi connectivity index (χ0v) is 9.73. The van der Waals surface area contributed by atoms with Crippen LogP contribution >= 0.6 is 0 Å². The normalized spacial score (nSPS) is 17.9. The van der Waals surface area contributed by atoms with E-state index in [2.05, 4.69) is 5.32 Å². The lowest BCUT2D eigenvalue weighted by Crippen LogP contribution is -2.45. The summed E-state index contributed by atoms with van der Waals surface area (Å²) in [6.45, 7) is 0.445.